The van der Waals surface area contributed by atoms with Gasteiger partial charge in [-0.2, -0.15) is 0 Å². The molecule has 0 bridgehead atoms. The highest BCUT2D eigenvalue weighted by molar-refractivity contribution is 6.02. The molecule has 1 fully saturated rings. The summed E-state index contributed by atoms with van der Waals surface area (Å²) in [5.41, 5.74) is 10.4. The Kier molecular flexibility index (Phi) is 8.98. The number of nitrogens with one attached hydrogen (secondary N) is 2. The van der Waals surface area contributed by atoms with Crippen LogP contribution in [0.1, 0.15) is 65.9 Å². The van der Waals surface area contributed by atoms with Gasteiger partial charge in [0.05, 0.1) is 13.0 Å². The predicted molar refractivity (Wildman–Crippen MR) is 149 cm³/mol. The van der Waals surface area contributed by atoms with Crippen molar-refractivity contribution in [3.05, 3.63) is 89.5 Å². The average molecular weight is 515 g/mol. The van der Waals surface area contributed by atoms with Crippen LogP contribution < -0.4 is 21.3 Å². The molecule has 0 saturated heterocycles. The first-order valence-corrected chi connectivity index (χ1v) is 13.0. The van der Waals surface area contributed by atoms with E-state index in [1.807, 2.05) is 12.1 Å². The molecule has 198 valence electrons. The minimum atomic E-state index is -0.969. The number of aliphatic carboxylic acids is 1. The van der Waals surface area contributed by atoms with Gasteiger partial charge in [-0.25, -0.2) is 4.79 Å². The molecule has 8 heteroatoms. The molecule has 5 N–H and O–H groups in total. The largest absolute Gasteiger partial charge is 0.481 e. The minimum absolute atomic E-state index is 0.0602. The van der Waals surface area contributed by atoms with E-state index in [4.69, 9.17) is 10.8 Å². The van der Waals surface area contributed by atoms with Crippen molar-refractivity contribution >= 4 is 35.0 Å². The molecule has 1 aliphatic carbocycles. The van der Waals surface area contributed by atoms with E-state index in [0.29, 0.717) is 22.9 Å². The standard InChI is InChI=1S/C30H34N4O4/c31-25-7-4-8-26(19-25)33-30(38)34(27-15-13-23(14-16-27)22-5-2-1-3-6-22)20-21-9-11-24(12-10-21)29(37)32-18-17-28(35)36/h4,7-16,19,22H,1-3,5-6,17-18,20,31H2,(H,32,37)(H,33,38)(H,35,36). The molecular weight excluding hydrogens is 480 g/mol. The Balaban J connectivity index is 1.51. The number of anilines is 3. The normalized spacial score (nSPS) is 13.5. The van der Waals surface area contributed by atoms with Crippen LogP contribution >= 0.6 is 0 Å². The maximum absolute atomic E-state index is 13.4. The maximum atomic E-state index is 13.4. The summed E-state index contributed by atoms with van der Waals surface area (Å²) in [6.07, 6.45) is 6.09. The molecule has 0 heterocycles. The number of carbonyl (C=O) groups is 3. The van der Waals surface area contributed by atoms with Gasteiger partial charge in [-0.05, 0) is 72.4 Å². The lowest BCUT2D eigenvalue weighted by atomic mass is 9.84. The van der Waals surface area contributed by atoms with E-state index in [9.17, 15) is 14.4 Å². The van der Waals surface area contributed by atoms with Gasteiger partial charge in [0.1, 0.15) is 0 Å². The van der Waals surface area contributed by atoms with E-state index >= 15 is 0 Å². The summed E-state index contributed by atoms with van der Waals surface area (Å²) >= 11 is 0. The molecule has 3 aromatic rings. The number of carbonyl (C=O) groups excluding carboxylic acids is 2. The Bertz CT molecular complexity index is 1250. The molecule has 1 saturated carbocycles. The second kappa shape index (κ2) is 12.8. The lowest BCUT2D eigenvalue weighted by molar-refractivity contribution is -0.136. The molecule has 3 aromatic carbocycles. The van der Waals surface area contributed by atoms with Gasteiger partial charge in [0, 0.05) is 29.2 Å². The summed E-state index contributed by atoms with van der Waals surface area (Å²) in [6.45, 7) is 0.350. The third-order valence-corrected chi connectivity index (χ3v) is 6.85. The molecule has 0 unspecified atom stereocenters. The van der Waals surface area contributed by atoms with Gasteiger partial charge >= 0.3 is 12.0 Å². The fourth-order valence-corrected chi connectivity index (χ4v) is 4.78. The SMILES string of the molecule is Nc1cccc(NC(=O)N(Cc2ccc(C(=O)NCCC(=O)O)cc2)c2ccc(C3CCCCC3)cc2)c1. The van der Waals surface area contributed by atoms with Crippen molar-refractivity contribution in [2.75, 3.05) is 22.5 Å². The van der Waals surface area contributed by atoms with Crippen molar-refractivity contribution < 1.29 is 19.5 Å². The number of benzene rings is 3. The summed E-state index contributed by atoms with van der Waals surface area (Å²) in [5, 5.41) is 14.3. The fraction of sp³-hybridized carbons (Fsp3) is 0.300. The van der Waals surface area contributed by atoms with Crippen LogP contribution in [0.5, 0.6) is 0 Å². The molecule has 0 aliphatic heterocycles. The zero-order valence-corrected chi connectivity index (χ0v) is 21.4. The van der Waals surface area contributed by atoms with Crippen LogP contribution in [0.2, 0.25) is 0 Å². The Labute approximate surface area is 222 Å². The number of nitrogens with zero attached hydrogens (tertiary/aromatic N) is 1. The lowest BCUT2D eigenvalue weighted by Crippen LogP contribution is -2.34. The topological polar surface area (TPSA) is 125 Å². The van der Waals surface area contributed by atoms with E-state index in [1.54, 1.807) is 53.4 Å². The van der Waals surface area contributed by atoms with Crippen molar-refractivity contribution in [3.63, 3.8) is 0 Å². The molecule has 0 radical (unpaired) electrons. The molecule has 4 rings (SSSR count). The Morgan fingerprint density at radius 2 is 1.63 bits per heavy atom. The highest BCUT2D eigenvalue weighted by atomic mass is 16.4. The summed E-state index contributed by atoms with van der Waals surface area (Å²) < 4.78 is 0. The molecule has 8 nitrogen and oxygen atoms in total. The second-order valence-corrected chi connectivity index (χ2v) is 9.66. The first kappa shape index (κ1) is 26.7. The third kappa shape index (κ3) is 7.35. The third-order valence-electron chi connectivity index (χ3n) is 6.85. The molecule has 3 amide bonds. The number of rotatable bonds is 9. The van der Waals surface area contributed by atoms with E-state index in [0.717, 1.165) is 11.3 Å². The Hall–Kier alpha value is -4.33. The fourth-order valence-electron chi connectivity index (χ4n) is 4.78. The Morgan fingerprint density at radius 3 is 2.29 bits per heavy atom. The molecule has 0 spiro atoms. The van der Waals surface area contributed by atoms with E-state index in [1.165, 1.54) is 37.7 Å². The first-order chi connectivity index (χ1) is 18.4. The number of hydrogen-bond donors (Lipinski definition) is 4. The number of nitrogen functional groups attached to an aromatic ring is 1. The van der Waals surface area contributed by atoms with E-state index < -0.39 is 5.97 Å². The highest BCUT2D eigenvalue weighted by Gasteiger charge is 2.20. The number of carboxylic acids is 1. The smallest absolute Gasteiger partial charge is 0.326 e. The van der Waals surface area contributed by atoms with Crippen LogP contribution in [0, 0.1) is 0 Å². The molecule has 0 atom stereocenters. The van der Waals surface area contributed by atoms with Gasteiger partial charge in [0.15, 0.2) is 0 Å². The summed E-state index contributed by atoms with van der Waals surface area (Å²) in [4.78, 5) is 38.1. The van der Waals surface area contributed by atoms with Gasteiger partial charge in [0.2, 0.25) is 0 Å². The number of urea groups is 1. The molecular formula is C30H34N4O4. The number of nitrogens with two attached hydrogens (primary N) is 1. The number of amides is 3. The molecule has 0 aromatic heterocycles. The van der Waals surface area contributed by atoms with Crippen molar-refractivity contribution in [2.24, 2.45) is 0 Å². The zero-order valence-electron chi connectivity index (χ0n) is 21.4. The predicted octanol–water partition coefficient (Wildman–Crippen LogP) is 5.76. The van der Waals surface area contributed by atoms with Crippen LogP contribution in [0.3, 0.4) is 0 Å². The van der Waals surface area contributed by atoms with Crippen molar-refractivity contribution in [2.45, 2.75) is 51.0 Å². The van der Waals surface area contributed by atoms with Gasteiger partial charge in [-0.3, -0.25) is 14.5 Å². The van der Waals surface area contributed by atoms with Crippen LogP contribution in [0.4, 0.5) is 21.9 Å². The minimum Gasteiger partial charge on any atom is -0.481 e. The van der Waals surface area contributed by atoms with Crippen molar-refractivity contribution in [1.82, 2.24) is 5.32 Å². The summed E-state index contributed by atoms with van der Waals surface area (Å²) in [5.74, 6) is -0.738. The summed E-state index contributed by atoms with van der Waals surface area (Å²) in [7, 11) is 0. The van der Waals surface area contributed by atoms with Crippen LogP contribution in [-0.2, 0) is 11.3 Å². The van der Waals surface area contributed by atoms with Gasteiger partial charge in [-0.15, -0.1) is 0 Å². The average Bonchev–Trinajstić information content (AvgIpc) is 2.92. The van der Waals surface area contributed by atoms with Crippen molar-refractivity contribution in [1.29, 1.82) is 0 Å². The lowest BCUT2D eigenvalue weighted by Gasteiger charge is -2.26. The van der Waals surface area contributed by atoms with Gasteiger partial charge in [0.25, 0.3) is 5.91 Å². The number of carboxylic acid groups (broad SMARTS) is 1. The van der Waals surface area contributed by atoms with Crippen LogP contribution in [0.15, 0.2) is 72.8 Å². The second-order valence-electron chi connectivity index (χ2n) is 9.66. The highest BCUT2D eigenvalue weighted by Crippen LogP contribution is 2.33. The van der Waals surface area contributed by atoms with Crippen molar-refractivity contribution in [3.8, 4) is 0 Å². The monoisotopic (exact) mass is 514 g/mol. The van der Waals surface area contributed by atoms with Crippen LogP contribution in [0.25, 0.3) is 0 Å². The quantitative estimate of drug-likeness (QED) is 0.270. The zero-order chi connectivity index (χ0) is 26.9. The Morgan fingerprint density at radius 1 is 0.921 bits per heavy atom. The van der Waals surface area contributed by atoms with E-state index in [2.05, 4.69) is 22.8 Å². The van der Waals surface area contributed by atoms with Crippen LogP contribution in [-0.4, -0.2) is 29.6 Å². The van der Waals surface area contributed by atoms with Gasteiger partial charge < -0.3 is 21.5 Å². The van der Waals surface area contributed by atoms with E-state index in [-0.39, 0.29) is 31.4 Å². The molecule has 38 heavy (non-hydrogen) atoms. The first-order valence-electron chi connectivity index (χ1n) is 13.0. The van der Waals surface area contributed by atoms with Gasteiger partial charge in [-0.1, -0.05) is 49.6 Å². The molecule has 1 aliphatic rings. The maximum Gasteiger partial charge on any atom is 0.326 e. The summed E-state index contributed by atoms with van der Waals surface area (Å²) in [6, 6.07) is 21.9. The number of hydrogen-bond acceptors (Lipinski definition) is 4.